The molecule has 3 aliphatic rings. The van der Waals surface area contributed by atoms with Crippen LogP contribution in [0.15, 0.2) is 0 Å². The first-order valence-electron chi connectivity index (χ1n) is 7.83. The van der Waals surface area contributed by atoms with Crippen molar-refractivity contribution in [3.63, 3.8) is 0 Å². The summed E-state index contributed by atoms with van der Waals surface area (Å²) in [6, 6.07) is -3.04. The summed E-state index contributed by atoms with van der Waals surface area (Å²) in [6.07, 6.45) is 1.30. The summed E-state index contributed by atoms with van der Waals surface area (Å²) in [5, 5.41) is 8.49. The van der Waals surface area contributed by atoms with E-state index in [9.17, 15) is 22.8 Å². The third-order valence-corrected chi connectivity index (χ3v) is 4.78. The van der Waals surface area contributed by atoms with Crippen molar-refractivity contribution in [2.45, 2.75) is 37.4 Å². The number of hydrogen-bond acceptors (Lipinski definition) is 7. The molecule has 0 radical (unpaired) electrons. The van der Waals surface area contributed by atoms with Gasteiger partial charge in [0.25, 0.3) is 5.91 Å². The number of rotatable bonds is 4. The van der Waals surface area contributed by atoms with Crippen LogP contribution in [-0.4, -0.2) is 78.7 Å². The van der Waals surface area contributed by atoms with Gasteiger partial charge in [0.05, 0.1) is 6.04 Å². The van der Waals surface area contributed by atoms with Gasteiger partial charge >= 0.3 is 22.5 Å². The Kier molecular flexibility index (Phi) is 4.81. The molecule has 12 nitrogen and oxygen atoms in total. The molecule has 0 spiro atoms. The number of nitrogens with zero attached hydrogens (tertiary/aromatic N) is 2. The van der Waals surface area contributed by atoms with Crippen molar-refractivity contribution < 1.29 is 31.6 Å². The van der Waals surface area contributed by atoms with Gasteiger partial charge in [-0.15, -0.1) is 4.28 Å². The van der Waals surface area contributed by atoms with Crippen LogP contribution in [0.25, 0.3) is 0 Å². The van der Waals surface area contributed by atoms with Crippen LogP contribution in [0.4, 0.5) is 9.59 Å². The minimum atomic E-state index is -4.84. The molecule has 0 aromatic heterocycles. The summed E-state index contributed by atoms with van der Waals surface area (Å²) in [6.45, 7) is 1.48. The Bertz CT molecular complexity index is 677. The van der Waals surface area contributed by atoms with Crippen LogP contribution >= 0.6 is 0 Å². The van der Waals surface area contributed by atoms with Crippen LogP contribution < -0.4 is 16.0 Å². The zero-order valence-corrected chi connectivity index (χ0v) is 14.0. The zero-order valence-electron chi connectivity index (χ0n) is 13.2. The quantitative estimate of drug-likeness (QED) is 0.417. The molecule has 3 rings (SSSR count). The fraction of sp³-hybridized carbons (Fsp3) is 0.750. The van der Waals surface area contributed by atoms with E-state index in [0.717, 1.165) is 17.9 Å². The van der Waals surface area contributed by atoms with Gasteiger partial charge in [-0.05, 0) is 25.8 Å². The Labute approximate surface area is 143 Å². The molecule has 3 saturated heterocycles. The molecular weight excluding hydrogens is 358 g/mol. The number of hydrogen-bond donors (Lipinski definition) is 4. The van der Waals surface area contributed by atoms with Gasteiger partial charge in [0.2, 0.25) is 0 Å². The van der Waals surface area contributed by atoms with Crippen LogP contribution in [0.3, 0.4) is 0 Å². The smallest absolute Gasteiger partial charge is 0.334 e. The molecule has 3 fully saturated rings. The second-order valence-corrected chi connectivity index (χ2v) is 7.17. The zero-order chi connectivity index (χ0) is 18.2. The van der Waals surface area contributed by atoms with Crippen molar-refractivity contribution in [1.82, 2.24) is 25.9 Å². The van der Waals surface area contributed by atoms with Gasteiger partial charge in [-0.3, -0.25) is 14.7 Å². The van der Waals surface area contributed by atoms with Crippen molar-refractivity contribution in [3.05, 3.63) is 0 Å². The lowest BCUT2D eigenvalue weighted by Crippen LogP contribution is -2.54. The molecule has 25 heavy (non-hydrogen) atoms. The van der Waals surface area contributed by atoms with Crippen molar-refractivity contribution >= 4 is 28.4 Å². The van der Waals surface area contributed by atoms with Gasteiger partial charge in [0.1, 0.15) is 6.04 Å². The number of hydroxylamine groups is 2. The predicted octanol–water partition coefficient (Wildman–Crippen LogP) is -1.82. The van der Waals surface area contributed by atoms with Crippen LogP contribution in [-0.2, 0) is 19.5 Å². The Hall–Kier alpha value is -1.96. The number of amides is 5. The molecular formula is C12H19N5O7S. The Balaban J connectivity index is 1.59. The van der Waals surface area contributed by atoms with Crippen molar-refractivity contribution in [2.24, 2.45) is 0 Å². The molecule has 0 saturated carbocycles. The van der Waals surface area contributed by atoms with Gasteiger partial charge < -0.3 is 15.5 Å². The summed E-state index contributed by atoms with van der Waals surface area (Å²) in [5.74, 6) is -0.649. The average Bonchev–Trinajstić information content (AvgIpc) is 3.09. The molecule has 0 aromatic carbocycles. The van der Waals surface area contributed by atoms with E-state index < -0.39 is 40.5 Å². The summed E-state index contributed by atoms with van der Waals surface area (Å²) in [4.78, 5) is 37.5. The summed E-state index contributed by atoms with van der Waals surface area (Å²) < 4.78 is 34.7. The maximum atomic E-state index is 12.3. The lowest BCUT2D eigenvalue weighted by atomic mass is 10.0. The summed E-state index contributed by atoms with van der Waals surface area (Å²) in [7, 11) is -4.84. The average molecular weight is 377 g/mol. The van der Waals surface area contributed by atoms with Crippen LogP contribution in [0.1, 0.15) is 19.3 Å². The fourth-order valence-corrected chi connectivity index (χ4v) is 3.69. The lowest BCUT2D eigenvalue weighted by molar-refractivity contribution is -0.124. The standard InChI is InChI=1S/C12H19N5O7S/c18-10(15-11(19)14-7-3-4-13-5-7)9-2-1-8-6-16(9)12(20)17(8)24-25(21,22)23/h7-9,13H,1-6H2,(H,21,22,23)(H2,14,15,18,19)/t7?,8?,9-/m0/s1. The second-order valence-electron chi connectivity index (χ2n) is 6.16. The van der Waals surface area contributed by atoms with E-state index in [2.05, 4.69) is 20.2 Å². The van der Waals surface area contributed by atoms with Gasteiger partial charge in [0.15, 0.2) is 0 Å². The van der Waals surface area contributed by atoms with Crippen molar-refractivity contribution in [2.75, 3.05) is 19.6 Å². The van der Waals surface area contributed by atoms with E-state index in [-0.39, 0.29) is 19.0 Å². The van der Waals surface area contributed by atoms with E-state index in [1.54, 1.807) is 0 Å². The maximum absolute atomic E-state index is 12.3. The molecule has 3 atom stereocenters. The SMILES string of the molecule is O=C(NC(=O)[C@@H]1CCC2CN1C(=O)N2OS(=O)(=O)O)NC1CCNC1. The van der Waals surface area contributed by atoms with Gasteiger partial charge in [-0.2, -0.15) is 13.5 Å². The minimum Gasteiger partial charge on any atom is -0.334 e. The second kappa shape index (κ2) is 6.74. The Morgan fingerprint density at radius 2 is 2.04 bits per heavy atom. The molecule has 4 N–H and O–H groups in total. The number of carbonyl (C=O) groups excluding carboxylic acids is 3. The molecule has 2 unspecified atom stereocenters. The first-order chi connectivity index (χ1) is 11.7. The predicted molar refractivity (Wildman–Crippen MR) is 81.3 cm³/mol. The normalized spacial score (nSPS) is 29.0. The maximum Gasteiger partial charge on any atom is 0.418 e. The van der Waals surface area contributed by atoms with Crippen LogP contribution in [0.5, 0.6) is 0 Å². The molecule has 140 valence electrons. The van der Waals surface area contributed by atoms with Crippen molar-refractivity contribution in [1.29, 1.82) is 0 Å². The van der Waals surface area contributed by atoms with Crippen molar-refractivity contribution in [3.8, 4) is 0 Å². The third-order valence-electron chi connectivity index (χ3n) is 4.43. The highest BCUT2D eigenvalue weighted by Crippen LogP contribution is 2.30. The Morgan fingerprint density at radius 3 is 2.68 bits per heavy atom. The van der Waals surface area contributed by atoms with Gasteiger partial charge in [-0.1, -0.05) is 0 Å². The van der Waals surface area contributed by atoms with Crippen LogP contribution in [0.2, 0.25) is 0 Å². The van der Waals surface area contributed by atoms with E-state index in [1.807, 2.05) is 0 Å². The third kappa shape index (κ3) is 4.00. The first-order valence-corrected chi connectivity index (χ1v) is 9.20. The minimum absolute atomic E-state index is 0.0596. The van der Waals surface area contributed by atoms with E-state index in [4.69, 9.17) is 4.55 Å². The van der Waals surface area contributed by atoms with Gasteiger partial charge in [0, 0.05) is 19.1 Å². The van der Waals surface area contributed by atoms with E-state index >= 15 is 0 Å². The Morgan fingerprint density at radius 1 is 1.28 bits per heavy atom. The molecule has 5 amide bonds. The van der Waals surface area contributed by atoms with E-state index in [1.165, 1.54) is 0 Å². The number of fused-ring (bicyclic) bond motifs is 2. The first kappa shape index (κ1) is 17.8. The molecule has 13 heteroatoms. The summed E-state index contributed by atoms with van der Waals surface area (Å²) in [5.41, 5.74) is 0. The molecule has 3 aliphatic heterocycles. The largest absolute Gasteiger partial charge is 0.418 e. The monoisotopic (exact) mass is 377 g/mol. The number of urea groups is 2. The fourth-order valence-electron chi connectivity index (χ4n) is 3.30. The molecule has 3 heterocycles. The lowest BCUT2D eigenvalue weighted by Gasteiger charge is -2.29. The highest BCUT2D eigenvalue weighted by Gasteiger charge is 2.49. The topological polar surface area (TPSA) is 157 Å². The number of imide groups is 1. The number of carbonyl (C=O) groups is 3. The molecule has 0 aliphatic carbocycles. The highest BCUT2D eigenvalue weighted by atomic mass is 32.3. The van der Waals surface area contributed by atoms with Gasteiger partial charge in [-0.25, -0.2) is 9.59 Å². The number of piperidine rings is 1. The number of nitrogens with one attached hydrogen (secondary N) is 3. The molecule has 2 bridgehead atoms. The van der Waals surface area contributed by atoms with E-state index in [0.29, 0.717) is 18.0 Å². The van der Waals surface area contributed by atoms with Crippen LogP contribution in [0, 0.1) is 0 Å². The summed E-state index contributed by atoms with van der Waals surface area (Å²) >= 11 is 0. The molecule has 0 aromatic rings. The highest BCUT2D eigenvalue weighted by molar-refractivity contribution is 7.80.